The van der Waals surface area contributed by atoms with Crippen molar-refractivity contribution in [3.8, 4) is 0 Å². The molecule has 5 heteroatoms. The van der Waals surface area contributed by atoms with Crippen molar-refractivity contribution >= 4 is 16.7 Å². The summed E-state index contributed by atoms with van der Waals surface area (Å²) in [5.74, 6) is -0.290. The molecule has 1 N–H and O–H groups in total. The van der Waals surface area contributed by atoms with Gasteiger partial charge in [-0.05, 0) is 17.2 Å². The van der Waals surface area contributed by atoms with Gasteiger partial charge in [0.2, 0.25) is 0 Å². The minimum Gasteiger partial charge on any atom is -0.350 e. The molecule has 3 aromatic carbocycles. The van der Waals surface area contributed by atoms with E-state index < -0.39 is 0 Å². The van der Waals surface area contributed by atoms with Gasteiger partial charge in [0.05, 0.1) is 11.9 Å². The fourth-order valence-electron chi connectivity index (χ4n) is 3.64. The molecule has 0 saturated heterocycles. The van der Waals surface area contributed by atoms with Gasteiger partial charge in [0.15, 0.2) is 5.69 Å². The summed E-state index contributed by atoms with van der Waals surface area (Å²) in [5, 5.41) is 8.53. The number of amides is 1. The van der Waals surface area contributed by atoms with Crippen molar-refractivity contribution in [3.63, 3.8) is 0 Å². The maximum Gasteiger partial charge on any atom is 0.274 e. The molecule has 0 unspecified atom stereocenters. The molecule has 0 aliphatic rings. The van der Waals surface area contributed by atoms with Gasteiger partial charge in [-0.2, -0.15) is 5.10 Å². The normalized spacial score (nSPS) is 11.4. The molecular formula is C26H25N3O2. The second-order valence-electron chi connectivity index (χ2n) is 8.28. The summed E-state index contributed by atoms with van der Waals surface area (Å²) in [5.41, 5.74) is 1.90. The largest absolute Gasteiger partial charge is 0.350 e. The van der Waals surface area contributed by atoms with Crippen molar-refractivity contribution in [2.24, 2.45) is 0 Å². The van der Waals surface area contributed by atoms with Crippen LogP contribution in [0.4, 0.5) is 0 Å². The van der Waals surface area contributed by atoms with Gasteiger partial charge in [0, 0.05) is 17.3 Å². The predicted octanol–water partition coefficient (Wildman–Crippen LogP) is 4.15. The van der Waals surface area contributed by atoms with E-state index in [-0.39, 0.29) is 22.6 Å². The van der Waals surface area contributed by atoms with Gasteiger partial charge < -0.3 is 5.32 Å². The summed E-state index contributed by atoms with van der Waals surface area (Å²) in [6, 6.07) is 26.8. The molecule has 1 amide bonds. The highest BCUT2D eigenvalue weighted by Crippen LogP contribution is 2.22. The highest BCUT2D eigenvalue weighted by molar-refractivity contribution is 6.04. The molecule has 4 rings (SSSR count). The molecule has 156 valence electrons. The zero-order chi connectivity index (χ0) is 21.8. The molecule has 4 aromatic rings. The van der Waals surface area contributed by atoms with E-state index in [1.165, 1.54) is 4.68 Å². The lowest BCUT2D eigenvalue weighted by Gasteiger charge is -2.25. The lowest BCUT2D eigenvalue weighted by Crippen LogP contribution is -2.38. The first-order chi connectivity index (χ1) is 15.0. The predicted molar refractivity (Wildman–Crippen MR) is 123 cm³/mol. The van der Waals surface area contributed by atoms with Crippen molar-refractivity contribution in [1.82, 2.24) is 15.1 Å². The molecule has 0 spiro atoms. The van der Waals surface area contributed by atoms with Gasteiger partial charge in [0.25, 0.3) is 11.5 Å². The van der Waals surface area contributed by atoms with Crippen LogP contribution in [0.5, 0.6) is 0 Å². The first-order valence-corrected chi connectivity index (χ1v) is 10.3. The van der Waals surface area contributed by atoms with Gasteiger partial charge in [-0.1, -0.05) is 92.7 Å². The Morgan fingerprint density at radius 2 is 1.45 bits per heavy atom. The summed E-state index contributed by atoms with van der Waals surface area (Å²) >= 11 is 0. The van der Waals surface area contributed by atoms with E-state index in [1.54, 1.807) is 18.2 Å². The molecule has 1 heterocycles. The van der Waals surface area contributed by atoms with Crippen LogP contribution in [0, 0.1) is 0 Å². The van der Waals surface area contributed by atoms with Crippen LogP contribution in [-0.2, 0) is 12.0 Å². The first-order valence-electron chi connectivity index (χ1n) is 10.3. The monoisotopic (exact) mass is 411 g/mol. The Hall–Kier alpha value is -3.73. The lowest BCUT2D eigenvalue weighted by atomic mass is 9.84. The van der Waals surface area contributed by atoms with E-state index in [2.05, 4.69) is 36.4 Å². The Balaban J connectivity index is 1.67. The van der Waals surface area contributed by atoms with Crippen LogP contribution in [0.1, 0.15) is 35.5 Å². The smallest absolute Gasteiger partial charge is 0.274 e. The molecule has 1 aromatic heterocycles. The number of rotatable bonds is 6. The molecule has 5 nitrogen and oxygen atoms in total. The van der Waals surface area contributed by atoms with Crippen LogP contribution < -0.4 is 10.9 Å². The maximum absolute atomic E-state index is 13.2. The van der Waals surface area contributed by atoms with Crippen molar-refractivity contribution in [1.29, 1.82) is 0 Å². The van der Waals surface area contributed by atoms with Crippen LogP contribution in [-0.4, -0.2) is 22.2 Å². The van der Waals surface area contributed by atoms with Gasteiger partial charge in [-0.15, -0.1) is 0 Å². The summed E-state index contributed by atoms with van der Waals surface area (Å²) in [6.07, 6.45) is 0. The third-order valence-corrected chi connectivity index (χ3v) is 5.50. The molecule has 0 fully saturated rings. The number of fused-ring (bicyclic) bond motifs is 1. The molecule has 0 aliphatic carbocycles. The Morgan fingerprint density at radius 1 is 0.871 bits per heavy atom. The van der Waals surface area contributed by atoms with Gasteiger partial charge >= 0.3 is 0 Å². The van der Waals surface area contributed by atoms with Crippen molar-refractivity contribution in [2.45, 2.75) is 25.8 Å². The van der Waals surface area contributed by atoms with Crippen LogP contribution in [0.15, 0.2) is 89.7 Å². The Bertz CT molecular complexity index is 1260. The number of aromatic nitrogens is 2. The third-order valence-electron chi connectivity index (χ3n) is 5.50. The number of nitrogens with one attached hydrogen (secondary N) is 1. The zero-order valence-electron chi connectivity index (χ0n) is 17.7. The van der Waals surface area contributed by atoms with Gasteiger partial charge in [-0.25, -0.2) is 4.68 Å². The first kappa shape index (κ1) is 20.5. The van der Waals surface area contributed by atoms with E-state index in [4.69, 9.17) is 0 Å². The quantitative estimate of drug-likeness (QED) is 0.518. The Kier molecular flexibility index (Phi) is 5.67. The van der Waals surface area contributed by atoms with Crippen molar-refractivity contribution in [3.05, 3.63) is 112 Å². The standard InChI is InChI=1S/C26H25N3O2/c1-26(2,20-13-7-4-8-14-20)18-27-24(30)23-21-15-9-10-16-22(21)25(31)29(28-23)17-19-11-5-3-6-12-19/h3-16H,17-18H2,1-2H3,(H,27,30). The van der Waals surface area contributed by atoms with E-state index in [1.807, 2.05) is 54.6 Å². The Labute approximate surface area is 181 Å². The fraction of sp³-hybridized carbons (Fsp3) is 0.192. The molecular weight excluding hydrogens is 386 g/mol. The summed E-state index contributed by atoms with van der Waals surface area (Å²) in [6.45, 7) is 4.93. The van der Waals surface area contributed by atoms with Crippen LogP contribution in [0.25, 0.3) is 10.8 Å². The maximum atomic E-state index is 13.2. The van der Waals surface area contributed by atoms with Crippen LogP contribution in [0.2, 0.25) is 0 Å². The molecule has 0 atom stereocenters. The topological polar surface area (TPSA) is 64.0 Å². The second kappa shape index (κ2) is 8.56. The number of carbonyl (C=O) groups excluding carboxylic acids is 1. The summed E-state index contributed by atoms with van der Waals surface area (Å²) < 4.78 is 1.37. The summed E-state index contributed by atoms with van der Waals surface area (Å²) in [4.78, 5) is 26.1. The average Bonchev–Trinajstić information content (AvgIpc) is 2.81. The van der Waals surface area contributed by atoms with Crippen molar-refractivity contribution < 1.29 is 4.79 Å². The molecule has 0 saturated carbocycles. The highest BCUT2D eigenvalue weighted by atomic mass is 16.2. The van der Waals surface area contributed by atoms with Crippen molar-refractivity contribution in [2.75, 3.05) is 6.54 Å². The molecule has 0 radical (unpaired) electrons. The Morgan fingerprint density at radius 3 is 2.13 bits per heavy atom. The average molecular weight is 412 g/mol. The number of hydrogen-bond donors (Lipinski definition) is 1. The zero-order valence-corrected chi connectivity index (χ0v) is 17.7. The van der Waals surface area contributed by atoms with Gasteiger partial charge in [0.1, 0.15) is 0 Å². The minimum atomic E-state index is -0.290. The molecule has 0 bridgehead atoms. The summed E-state index contributed by atoms with van der Waals surface area (Å²) in [7, 11) is 0. The van der Waals surface area contributed by atoms with E-state index in [0.29, 0.717) is 23.9 Å². The minimum absolute atomic E-state index is 0.208. The highest BCUT2D eigenvalue weighted by Gasteiger charge is 2.23. The number of carbonyl (C=O) groups is 1. The molecule has 0 aliphatic heterocycles. The van der Waals surface area contributed by atoms with Gasteiger partial charge in [-0.3, -0.25) is 9.59 Å². The third kappa shape index (κ3) is 4.40. The number of benzene rings is 3. The second-order valence-corrected chi connectivity index (χ2v) is 8.28. The fourth-order valence-corrected chi connectivity index (χ4v) is 3.64. The number of hydrogen-bond acceptors (Lipinski definition) is 3. The van der Waals surface area contributed by atoms with E-state index >= 15 is 0 Å². The SMILES string of the molecule is CC(C)(CNC(=O)c1nn(Cc2ccccc2)c(=O)c2ccccc12)c1ccccc1. The molecule has 31 heavy (non-hydrogen) atoms. The lowest BCUT2D eigenvalue weighted by molar-refractivity contribution is 0.0940. The van der Waals surface area contributed by atoms with Crippen LogP contribution in [0.3, 0.4) is 0 Å². The van der Waals surface area contributed by atoms with E-state index in [9.17, 15) is 9.59 Å². The van der Waals surface area contributed by atoms with E-state index in [0.717, 1.165) is 11.1 Å². The van der Waals surface area contributed by atoms with Crippen LogP contribution >= 0.6 is 0 Å². The number of nitrogens with zero attached hydrogens (tertiary/aromatic N) is 2.